The average Bonchev–Trinajstić information content (AvgIpc) is 3.18. The lowest BCUT2D eigenvalue weighted by Crippen LogP contribution is -2.31. The van der Waals surface area contributed by atoms with Crippen molar-refractivity contribution < 1.29 is 14.4 Å². The Kier molecular flexibility index (Phi) is 7.31. The molecule has 3 aromatic rings. The summed E-state index contributed by atoms with van der Waals surface area (Å²) >= 11 is 0. The van der Waals surface area contributed by atoms with Crippen LogP contribution in [-0.2, 0) is 4.79 Å². The van der Waals surface area contributed by atoms with E-state index in [9.17, 15) is 14.4 Å². The van der Waals surface area contributed by atoms with Crippen LogP contribution in [0.3, 0.4) is 0 Å². The van der Waals surface area contributed by atoms with Crippen molar-refractivity contribution in [3.63, 3.8) is 0 Å². The van der Waals surface area contributed by atoms with Crippen LogP contribution in [0.4, 0.5) is 22.7 Å². The molecule has 4 rings (SSSR count). The Balaban J connectivity index is 1.44. The van der Waals surface area contributed by atoms with E-state index < -0.39 is 0 Å². The number of nitrogens with zero attached hydrogens (tertiary/aromatic N) is 1. The normalized spacial score (nSPS) is 13.3. The predicted molar refractivity (Wildman–Crippen MR) is 143 cm³/mol. The summed E-state index contributed by atoms with van der Waals surface area (Å²) < 4.78 is 0. The highest BCUT2D eigenvalue weighted by atomic mass is 16.2. The number of nitrogens with one attached hydrogen (secondary N) is 4. The van der Waals surface area contributed by atoms with Gasteiger partial charge in [0.15, 0.2) is 0 Å². The lowest BCUT2D eigenvalue weighted by molar-refractivity contribution is -0.110. The summed E-state index contributed by atoms with van der Waals surface area (Å²) in [7, 11) is 3.87. The third kappa shape index (κ3) is 5.70. The molecule has 1 heterocycles. The maximum atomic E-state index is 12.5. The van der Waals surface area contributed by atoms with Gasteiger partial charge >= 0.3 is 0 Å². The molecule has 0 fully saturated rings. The van der Waals surface area contributed by atoms with Gasteiger partial charge < -0.3 is 31.9 Å². The molecule has 6 N–H and O–H groups in total. The van der Waals surface area contributed by atoms with Crippen LogP contribution in [0.5, 0.6) is 0 Å². The number of anilines is 4. The standard InChI is InChI=1S/C27H28N6O3/c1-33(2)14-13-29-25(34)18-9-12-23-20(15-18)21(27(36)31-23)16-30-19-10-7-17(8-11-19)26(35)32-24-6-4-3-5-22(24)28/h3-12,15-16,30H,13-14,28H2,1-2H3,(H,29,34)(H,31,36)(H,32,35)/b21-16-. The van der Waals surface area contributed by atoms with Crippen molar-refractivity contribution in [3.8, 4) is 0 Å². The molecule has 0 saturated carbocycles. The van der Waals surface area contributed by atoms with Gasteiger partial charge in [0, 0.05) is 47.4 Å². The molecule has 0 aromatic heterocycles. The number of carbonyl (C=O) groups excluding carboxylic acids is 3. The van der Waals surface area contributed by atoms with E-state index in [0.717, 1.165) is 6.54 Å². The third-order valence-electron chi connectivity index (χ3n) is 5.65. The fourth-order valence-corrected chi connectivity index (χ4v) is 3.65. The average molecular weight is 485 g/mol. The molecule has 0 radical (unpaired) electrons. The number of nitrogen functional groups attached to an aromatic ring is 1. The second-order valence-corrected chi connectivity index (χ2v) is 8.59. The van der Waals surface area contributed by atoms with Gasteiger partial charge in [0.1, 0.15) is 0 Å². The van der Waals surface area contributed by atoms with Crippen LogP contribution in [0, 0.1) is 0 Å². The number of rotatable bonds is 8. The van der Waals surface area contributed by atoms with Gasteiger partial charge in [-0.1, -0.05) is 12.1 Å². The summed E-state index contributed by atoms with van der Waals surface area (Å²) in [6.45, 7) is 1.25. The van der Waals surface area contributed by atoms with Crippen molar-refractivity contribution in [2.75, 3.05) is 48.9 Å². The first-order valence-corrected chi connectivity index (χ1v) is 11.4. The number of amides is 3. The number of likely N-dealkylation sites (N-methyl/N-ethyl adjacent to an activating group) is 1. The minimum absolute atomic E-state index is 0.197. The smallest absolute Gasteiger partial charge is 0.257 e. The van der Waals surface area contributed by atoms with E-state index in [1.54, 1.807) is 72.9 Å². The Morgan fingerprint density at radius 3 is 2.42 bits per heavy atom. The van der Waals surface area contributed by atoms with Crippen LogP contribution in [0.15, 0.2) is 72.9 Å². The lowest BCUT2D eigenvalue weighted by Gasteiger charge is -2.11. The van der Waals surface area contributed by atoms with Crippen molar-refractivity contribution in [2.24, 2.45) is 0 Å². The number of nitrogens with two attached hydrogens (primary N) is 1. The van der Waals surface area contributed by atoms with Crippen LogP contribution in [0.1, 0.15) is 26.3 Å². The number of fused-ring (bicyclic) bond motifs is 1. The molecule has 36 heavy (non-hydrogen) atoms. The molecule has 0 spiro atoms. The first-order chi connectivity index (χ1) is 17.3. The number of hydrogen-bond donors (Lipinski definition) is 5. The molecule has 1 aliphatic heterocycles. The van der Waals surface area contributed by atoms with Crippen molar-refractivity contribution in [1.29, 1.82) is 0 Å². The third-order valence-corrected chi connectivity index (χ3v) is 5.65. The van der Waals surface area contributed by atoms with Crippen molar-refractivity contribution in [2.45, 2.75) is 0 Å². The Labute approximate surface area is 209 Å². The van der Waals surface area contributed by atoms with Crippen LogP contribution < -0.4 is 27.0 Å². The monoisotopic (exact) mass is 484 g/mol. The minimum Gasteiger partial charge on any atom is -0.397 e. The fourth-order valence-electron chi connectivity index (χ4n) is 3.65. The first kappa shape index (κ1) is 24.5. The Morgan fingerprint density at radius 1 is 0.972 bits per heavy atom. The van der Waals surface area contributed by atoms with Crippen LogP contribution in [0.25, 0.3) is 5.57 Å². The first-order valence-electron chi connectivity index (χ1n) is 11.4. The van der Waals surface area contributed by atoms with Gasteiger partial charge in [-0.2, -0.15) is 0 Å². The maximum Gasteiger partial charge on any atom is 0.257 e. The Morgan fingerprint density at radius 2 is 1.69 bits per heavy atom. The molecule has 9 nitrogen and oxygen atoms in total. The maximum absolute atomic E-state index is 12.5. The van der Waals surface area contributed by atoms with Crippen molar-refractivity contribution in [3.05, 3.63) is 89.6 Å². The van der Waals surface area contributed by atoms with E-state index in [2.05, 4.69) is 21.3 Å². The summed E-state index contributed by atoms with van der Waals surface area (Å²) in [6.07, 6.45) is 1.59. The van der Waals surface area contributed by atoms with E-state index >= 15 is 0 Å². The van der Waals surface area contributed by atoms with E-state index in [-0.39, 0.29) is 17.7 Å². The van der Waals surface area contributed by atoms with E-state index in [1.807, 2.05) is 19.0 Å². The highest BCUT2D eigenvalue weighted by molar-refractivity contribution is 6.32. The second-order valence-electron chi connectivity index (χ2n) is 8.59. The molecule has 0 unspecified atom stereocenters. The quantitative estimate of drug-likeness (QED) is 0.247. The predicted octanol–water partition coefficient (Wildman–Crippen LogP) is 3.22. The molecule has 0 aliphatic carbocycles. The number of benzene rings is 3. The molecule has 184 valence electrons. The number of para-hydroxylation sites is 2. The van der Waals surface area contributed by atoms with Crippen LogP contribution in [-0.4, -0.2) is 49.8 Å². The zero-order chi connectivity index (χ0) is 25.7. The molecule has 1 aliphatic rings. The second kappa shape index (κ2) is 10.7. The summed E-state index contributed by atoms with van der Waals surface area (Å²) in [5, 5.41) is 11.6. The highest BCUT2D eigenvalue weighted by Crippen LogP contribution is 2.32. The molecule has 3 amide bonds. The highest BCUT2D eigenvalue weighted by Gasteiger charge is 2.25. The summed E-state index contributed by atoms with van der Waals surface area (Å²) in [6, 6.07) is 19.0. The molecule has 3 aromatic carbocycles. The topological polar surface area (TPSA) is 129 Å². The number of carbonyl (C=O) groups is 3. The molecule has 9 heteroatoms. The van der Waals surface area contributed by atoms with Gasteiger partial charge in [0.25, 0.3) is 17.7 Å². The van der Waals surface area contributed by atoms with Gasteiger partial charge in [0.05, 0.1) is 16.9 Å². The zero-order valence-corrected chi connectivity index (χ0v) is 20.1. The molecular weight excluding hydrogens is 456 g/mol. The van der Waals surface area contributed by atoms with E-state index in [1.165, 1.54) is 0 Å². The molecular formula is C27H28N6O3. The molecule has 0 atom stereocenters. The van der Waals surface area contributed by atoms with Crippen LogP contribution >= 0.6 is 0 Å². The molecule has 0 saturated heterocycles. The van der Waals surface area contributed by atoms with Crippen molar-refractivity contribution >= 4 is 46.0 Å². The fraction of sp³-hybridized carbons (Fsp3) is 0.148. The van der Waals surface area contributed by atoms with Crippen LogP contribution in [0.2, 0.25) is 0 Å². The largest absolute Gasteiger partial charge is 0.397 e. The van der Waals surface area contributed by atoms with Gasteiger partial charge in [0.2, 0.25) is 0 Å². The lowest BCUT2D eigenvalue weighted by atomic mass is 10.0. The SMILES string of the molecule is CN(C)CCNC(=O)c1ccc2c(c1)/C(=C/Nc1ccc(C(=O)Nc3ccccc3N)cc1)C(=O)N2. The summed E-state index contributed by atoms with van der Waals surface area (Å²) in [4.78, 5) is 39.5. The number of hydrogen-bond acceptors (Lipinski definition) is 6. The van der Waals surface area contributed by atoms with Crippen molar-refractivity contribution in [1.82, 2.24) is 10.2 Å². The van der Waals surface area contributed by atoms with E-state index in [4.69, 9.17) is 5.73 Å². The minimum atomic E-state index is -0.279. The van der Waals surface area contributed by atoms with Gasteiger partial charge in [-0.25, -0.2) is 0 Å². The van der Waals surface area contributed by atoms with Gasteiger partial charge in [-0.15, -0.1) is 0 Å². The van der Waals surface area contributed by atoms with Gasteiger partial charge in [-0.3, -0.25) is 14.4 Å². The summed E-state index contributed by atoms with van der Waals surface area (Å²) in [5.74, 6) is -0.741. The summed E-state index contributed by atoms with van der Waals surface area (Å²) in [5.41, 5.74) is 10.2. The molecule has 0 bridgehead atoms. The van der Waals surface area contributed by atoms with Gasteiger partial charge in [-0.05, 0) is 68.7 Å². The Hall–Kier alpha value is -4.63. The Bertz CT molecular complexity index is 1330. The van der Waals surface area contributed by atoms with E-state index in [0.29, 0.717) is 51.6 Å². The zero-order valence-electron chi connectivity index (χ0n) is 20.1.